The molecule has 1 aliphatic heterocycles. The Bertz CT molecular complexity index is 1090. The normalized spacial score (nSPS) is 15.9. The van der Waals surface area contributed by atoms with Crippen molar-refractivity contribution in [3.63, 3.8) is 0 Å². The lowest BCUT2D eigenvalue weighted by Crippen LogP contribution is -2.42. The Balaban J connectivity index is 1.38. The summed E-state index contributed by atoms with van der Waals surface area (Å²) in [5.41, 5.74) is 1.84. The van der Waals surface area contributed by atoms with Crippen molar-refractivity contribution >= 4 is 12.1 Å². The summed E-state index contributed by atoms with van der Waals surface area (Å²) in [6.07, 6.45) is -4.07. The van der Waals surface area contributed by atoms with E-state index in [4.69, 9.17) is 13.9 Å². The van der Waals surface area contributed by atoms with Gasteiger partial charge in [0.05, 0.1) is 11.8 Å². The van der Waals surface area contributed by atoms with Gasteiger partial charge in [-0.05, 0) is 36.4 Å². The van der Waals surface area contributed by atoms with Crippen LogP contribution < -0.4 is 14.9 Å². The van der Waals surface area contributed by atoms with Crippen molar-refractivity contribution in [3.05, 3.63) is 72.0 Å². The number of hydrogen-bond donors (Lipinski definition) is 1. The third-order valence-corrected chi connectivity index (χ3v) is 4.27. The number of hydrazone groups is 1. The number of para-hydroxylation sites is 2. The van der Waals surface area contributed by atoms with Crippen LogP contribution in [0.2, 0.25) is 0 Å². The summed E-state index contributed by atoms with van der Waals surface area (Å²) in [5, 5.41) is 3.80. The third-order valence-electron chi connectivity index (χ3n) is 4.27. The fraction of sp³-hybridized carbons (Fsp3) is 0.143. The van der Waals surface area contributed by atoms with Gasteiger partial charge < -0.3 is 13.9 Å². The quantitative estimate of drug-likeness (QED) is 0.510. The highest BCUT2D eigenvalue weighted by Gasteiger charge is 2.30. The van der Waals surface area contributed by atoms with Gasteiger partial charge >= 0.3 is 6.18 Å². The minimum atomic E-state index is -4.44. The van der Waals surface area contributed by atoms with E-state index in [0.717, 1.165) is 12.1 Å². The van der Waals surface area contributed by atoms with Crippen LogP contribution in [0.5, 0.6) is 11.5 Å². The van der Waals surface area contributed by atoms with E-state index in [1.54, 1.807) is 24.3 Å². The number of nitrogens with one attached hydrogen (secondary N) is 1. The number of rotatable bonds is 4. The molecule has 3 aromatic rings. The molecule has 2 aromatic carbocycles. The molecule has 0 spiro atoms. The molecule has 0 bridgehead atoms. The summed E-state index contributed by atoms with van der Waals surface area (Å²) in [5.74, 6) is 1.01. The number of carbonyl (C=O) groups excluding carboxylic acids is 1. The standard InChI is InChI=1S/C21H15F3N2O4/c22-21(23,24)14-5-3-4-13(10-14)16-9-8-15(29-16)11-25-26-20(27)19-12-28-17-6-1-2-7-18(17)30-19/h1-11,19H,12H2,(H,26,27)/b25-11+. The van der Waals surface area contributed by atoms with E-state index in [2.05, 4.69) is 10.5 Å². The van der Waals surface area contributed by atoms with Gasteiger partial charge in [0.25, 0.3) is 5.91 Å². The minimum Gasteiger partial charge on any atom is -0.485 e. The minimum absolute atomic E-state index is 0.0405. The molecule has 0 radical (unpaired) electrons. The molecule has 1 aromatic heterocycles. The fourth-order valence-corrected chi connectivity index (χ4v) is 2.81. The summed E-state index contributed by atoms with van der Waals surface area (Å²) >= 11 is 0. The van der Waals surface area contributed by atoms with Crippen LogP contribution in [-0.4, -0.2) is 24.8 Å². The van der Waals surface area contributed by atoms with Crippen LogP contribution in [0.4, 0.5) is 13.2 Å². The second-order valence-corrected chi connectivity index (χ2v) is 6.38. The van der Waals surface area contributed by atoms with Gasteiger partial charge in [-0.1, -0.05) is 24.3 Å². The number of hydrogen-bond acceptors (Lipinski definition) is 5. The van der Waals surface area contributed by atoms with Crippen molar-refractivity contribution in [2.24, 2.45) is 5.10 Å². The van der Waals surface area contributed by atoms with Crippen LogP contribution in [0.25, 0.3) is 11.3 Å². The number of halogens is 3. The fourth-order valence-electron chi connectivity index (χ4n) is 2.81. The zero-order valence-electron chi connectivity index (χ0n) is 15.3. The van der Waals surface area contributed by atoms with Gasteiger partial charge in [0.2, 0.25) is 6.10 Å². The summed E-state index contributed by atoms with van der Waals surface area (Å²) in [4.78, 5) is 12.2. The number of ether oxygens (including phenoxy) is 2. The molecule has 1 N–H and O–H groups in total. The Labute approximate surface area is 168 Å². The second kappa shape index (κ2) is 7.94. The molecule has 0 aliphatic carbocycles. The second-order valence-electron chi connectivity index (χ2n) is 6.38. The first-order chi connectivity index (χ1) is 14.4. The molecule has 1 atom stereocenters. The van der Waals surface area contributed by atoms with Crippen molar-refractivity contribution < 1.29 is 31.9 Å². The molecule has 154 valence electrons. The van der Waals surface area contributed by atoms with Gasteiger partial charge in [0.1, 0.15) is 18.1 Å². The zero-order chi connectivity index (χ0) is 21.1. The van der Waals surface area contributed by atoms with Gasteiger partial charge in [-0.15, -0.1) is 0 Å². The molecule has 1 unspecified atom stereocenters. The first-order valence-corrected chi connectivity index (χ1v) is 8.89. The molecule has 1 aliphatic rings. The Morgan fingerprint density at radius 1 is 1.07 bits per heavy atom. The van der Waals surface area contributed by atoms with Crippen LogP contribution in [0.3, 0.4) is 0 Å². The third kappa shape index (κ3) is 4.29. The van der Waals surface area contributed by atoms with Crippen molar-refractivity contribution in [2.75, 3.05) is 6.61 Å². The summed E-state index contributed by atoms with van der Waals surface area (Å²) in [6.45, 7) is 0.0405. The van der Waals surface area contributed by atoms with E-state index in [1.807, 2.05) is 0 Å². The van der Waals surface area contributed by atoms with Crippen LogP contribution in [0.1, 0.15) is 11.3 Å². The van der Waals surface area contributed by atoms with Crippen molar-refractivity contribution in [3.8, 4) is 22.8 Å². The number of nitrogens with zero attached hydrogens (tertiary/aromatic N) is 1. The molecule has 0 saturated carbocycles. The predicted molar refractivity (Wildman–Crippen MR) is 101 cm³/mol. The highest BCUT2D eigenvalue weighted by Crippen LogP contribution is 2.33. The molecule has 0 saturated heterocycles. The number of carbonyl (C=O) groups is 1. The maximum absolute atomic E-state index is 12.9. The van der Waals surface area contributed by atoms with Gasteiger partial charge in [-0.3, -0.25) is 4.79 Å². The molecule has 4 rings (SSSR count). The summed E-state index contributed by atoms with van der Waals surface area (Å²) < 4.78 is 55.1. The molecule has 30 heavy (non-hydrogen) atoms. The van der Waals surface area contributed by atoms with Gasteiger partial charge in [-0.2, -0.15) is 18.3 Å². The average Bonchev–Trinajstić information content (AvgIpc) is 3.22. The van der Waals surface area contributed by atoms with Gasteiger partial charge in [0.15, 0.2) is 11.5 Å². The highest BCUT2D eigenvalue weighted by atomic mass is 19.4. The molecule has 1 amide bonds. The van der Waals surface area contributed by atoms with Crippen LogP contribution >= 0.6 is 0 Å². The largest absolute Gasteiger partial charge is 0.485 e. The number of alkyl halides is 3. The smallest absolute Gasteiger partial charge is 0.416 e. The first-order valence-electron chi connectivity index (χ1n) is 8.89. The van der Waals surface area contributed by atoms with Crippen LogP contribution in [0.15, 0.2) is 70.2 Å². The SMILES string of the molecule is O=C(N/N=C/c1ccc(-c2cccc(C(F)(F)F)c2)o1)C1COc2ccccc2O1. The van der Waals surface area contributed by atoms with Gasteiger partial charge in [0, 0.05) is 5.56 Å². The molecular weight excluding hydrogens is 401 g/mol. The van der Waals surface area contributed by atoms with Gasteiger partial charge in [-0.25, -0.2) is 5.43 Å². The van der Waals surface area contributed by atoms with Crippen LogP contribution in [0, 0.1) is 0 Å². The van der Waals surface area contributed by atoms with Crippen molar-refractivity contribution in [1.29, 1.82) is 0 Å². The van der Waals surface area contributed by atoms with Crippen molar-refractivity contribution in [1.82, 2.24) is 5.43 Å². The van der Waals surface area contributed by atoms with E-state index >= 15 is 0 Å². The lowest BCUT2D eigenvalue weighted by atomic mass is 10.1. The van der Waals surface area contributed by atoms with E-state index in [0.29, 0.717) is 11.5 Å². The topological polar surface area (TPSA) is 73.1 Å². The van der Waals surface area contributed by atoms with E-state index in [-0.39, 0.29) is 23.7 Å². The molecule has 9 heteroatoms. The monoisotopic (exact) mass is 416 g/mol. The Morgan fingerprint density at radius 2 is 1.87 bits per heavy atom. The maximum Gasteiger partial charge on any atom is 0.416 e. The Hall–Kier alpha value is -3.75. The van der Waals surface area contributed by atoms with Crippen LogP contribution in [-0.2, 0) is 11.0 Å². The maximum atomic E-state index is 12.9. The van der Waals surface area contributed by atoms with E-state index < -0.39 is 23.8 Å². The number of fused-ring (bicyclic) bond motifs is 1. The molecule has 6 nitrogen and oxygen atoms in total. The number of furan rings is 1. The lowest BCUT2D eigenvalue weighted by molar-refractivity contribution is -0.137. The molecule has 2 heterocycles. The predicted octanol–water partition coefficient (Wildman–Crippen LogP) is 4.26. The Kier molecular flexibility index (Phi) is 5.18. The zero-order valence-corrected chi connectivity index (χ0v) is 15.3. The Morgan fingerprint density at radius 3 is 2.67 bits per heavy atom. The first kappa shape index (κ1) is 19.6. The van der Waals surface area contributed by atoms with E-state index in [9.17, 15) is 18.0 Å². The average molecular weight is 416 g/mol. The van der Waals surface area contributed by atoms with E-state index in [1.165, 1.54) is 30.5 Å². The summed E-state index contributed by atoms with van der Waals surface area (Å²) in [7, 11) is 0. The number of benzene rings is 2. The molecular formula is C21H15F3N2O4. The van der Waals surface area contributed by atoms with Crippen molar-refractivity contribution in [2.45, 2.75) is 12.3 Å². The summed E-state index contributed by atoms with van der Waals surface area (Å²) in [6, 6.07) is 14.8. The highest BCUT2D eigenvalue weighted by molar-refractivity contribution is 5.84. The number of amides is 1. The lowest BCUT2D eigenvalue weighted by Gasteiger charge is -2.24. The molecule has 0 fully saturated rings.